The van der Waals surface area contributed by atoms with Gasteiger partial charge in [0.2, 0.25) is 0 Å². The SMILES string of the molecule is CCC(O)CN1CCCC1c1ccc(C)s1. The number of rotatable bonds is 4. The highest BCUT2D eigenvalue weighted by molar-refractivity contribution is 7.12. The zero-order chi connectivity index (χ0) is 11.5. The van der Waals surface area contributed by atoms with Gasteiger partial charge in [0.05, 0.1) is 6.10 Å². The molecule has 1 fully saturated rings. The Balaban J connectivity index is 2.03. The predicted molar refractivity (Wildman–Crippen MR) is 68.9 cm³/mol. The summed E-state index contributed by atoms with van der Waals surface area (Å²) in [4.78, 5) is 5.30. The highest BCUT2D eigenvalue weighted by Crippen LogP contribution is 2.35. The normalized spacial score (nSPS) is 23.8. The summed E-state index contributed by atoms with van der Waals surface area (Å²) in [6.07, 6.45) is 3.20. The second kappa shape index (κ2) is 5.30. The molecule has 16 heavy (non-hydrogen) atoms. The summed E-state index contributed by atoms with van der Waals surface area (Å²) in [5.41, 5.74) is 0. The Labute approximate surface area is 102 Å². The van der Waals surface area contributed by atoms with E-state index in [4.69, 9.17) is 0 Å². The molecule has 2 atom stereocenters. The maximum atomic E-state index is 9.75. The van der Waals surface area contributed by atoms with E-state index in [1.165, 1.54) is 22.6 Å². The predicted octanol–water partition coefficient (Wildman–Crippen LogP) is 2.96. The molecule has 0 aromatic carbocycles. The average molecular weight is 239 g/mol. The van der Waals surface area contributed by atoms with Gasteiger partial charge >= 0.3 is 0 Å². The minimum absolute atomic E-state index is 0.165. The number of β-amino-alcohol motifs (C(OH)–C–C–N with tert-alkyl or cyclic N) is 1. The fourth-order valence-corrected chi connectivity index (χ4v) is 3.45. The summed E-state index contributed by atoms with van der Waals surface area (Å²) in [6.45, 7) is 6.18. The lowest BCUT2D eigenvalue weighted by molar-refractivity contribution is 0.103. The van der Waals surface area contributed by atoms with Crippen LogP contribution in [0.5, 0.6) is 0 Å². The summed E-state index contributed by atoms with van der Waals surface area (Å²) in [5, 5.41) is 9.75. The zero-order valence-corrected chi connectivity index (χ0v) is 11.0. The summed E-state index contributed by atoms with van der Waals surface area (Å²) in [6, 6.07) is 5.01. The summed E-state index contributed by atoms with van der Waals surface area (Å²) < 4.78 is 0. The first-order chi connectivity index (χ1) is 7.70. The van der Waals surface area contributed by atoms with Crippen molar-refractivity contribution in [3.05, 3.63) is 21.9 Å². The van der Waals surface area contributed by atoms with Crippen LogP contribution in [-0.4, -0.2) is 29.2 Å². The van der Waals surface area contributed by atoms with Crippen molar-refractivity contribution in [3.8, 4) is 0 Å². The maximum Gasteiger partial charge on any atom is 0.0664 e. The first-order valence-corrected chi connectivity index (χ1v) is 7.00. The largest absolute Gasteiger partial charge is 0.392 e. The van der Waals surface area contributed by atoms with E-state index in [0.29, 0.717) is 6.04 Å². The third kappa shape index (κ3) is 2.65. The van der Waals surface area contributed by atoms with Crippen LogP contribution in [0, 0.1) is 6.92 Å². The average Bonchev–Trinajstić information content (AvgIpc) is 2.86. The Morgan fingerprint density at radius 1 is 1.56 bits per heavy atom. The van der Waals surface area contributed by atoms with Crippen LogP contribution in [0.15, 0.2) is 12.1 Å². The molecule has 90 valence electrons. The molecule has 1 aliphatic rings. The topological polar surface area (TPSA) is 23.5 Å². The first kappa shape index (κ1) is 12.1. The molecule has 0 amide bonds. The van der Waals surface area contributed by atoms with Crippen molar-refractivity contribution < 1.29 is 5.11 Å². The minimum atomic E-state index is -0.165. The number of likely N-dealkylation sites (tertiary alicyclic amines) is 1. The van der Waals surface area contributed by atoms with E-state index in [9.17, 15) is 5.11 Å². The second-order valence-corrected chi connectivity index (χ2v) is 5.98. The van der Waals surface area contributed by atoms with Crippen molar-refractivity contribution in [1.29, 1.82) is 0 Å². The molecule has 1 aromatic heterocycles. The molecule has 0 aliphatic carbocycles. The molecule has 2 rings (SSSR count). The van der Waals surface area contributed by atoms with Gasteiger partial charge in [0, 0.05) is 22.3 Å². The van der Waals surface area contributed by atoms with Crippen LogP contribution in [0.1, 0.15) is 42.0 Å². The first-order valence-electron chi connectivity index (χ1n) is 6.19. The van der Waals surface area contributed by atoms with Crippen molar-refractivity contribution in [2.45, 2.75) is 45.3 Å². The molecular weight excluding hydrogens is 218 g/mol. The Morgan fingerprint density at radius 3 is 3.00 bits per heavy atom. The van der Waals surface area contributed by atoms with Gasteiger partial charge in [-0.25, -0.2) is 0 Å². The zero-order valence-electron chi connectivity index (χ0n) is 10.1. The van der Waals surface area contributed by atoms with E-state index in [2.05, 4.69) is 24.0 Å². The van der Waals surface area contributed by atoms with E-state index < -0.39 is 0 Å². The van der Waals surface area contributed by atoms with Gasteiger partial charge < -0.3 is 5.11 Å². The summed E-state index contributed by atoms with van der Waals surface area (Å²) in [5.74, 6) is 0. The van der Waals surface area contributed by atoms with Crippen molar-refractivity contribution >= 4 is 11.3 Å². The molecule has 2 heterocycles. The van der Waals surface area contributed by atoms with Crippen LogP contribution in [0.3, 0.4) is 0 Å². The Hall–Kier alpha value is -0.380. The number of aliphatic hydroxyl groups excluding tert-OH is 1. The molecular formula is C13H21NOS. The molecule has 0 spiro atoms. The van der Waals surface area contributed by atoms with Gasteiger partial charge in [-0.05, 0) is 44.9 Å². The van der Waals surface area contributed by atoms with Crippen molar-refractivity contribution in [2.24, 2.45) is 0 Å². The van der Waals surface area contributed by atoms with Gasteiger partial charge in [-0.2, -0.15) is 0 Å². The molecule has 3 heteroatoms. The van der Waals surface area contributed by atoms with Gasteiger partial charge in [0.15, 0.2) is 0 Å². The quantitative estimate of drug-likeness (QED) is 0.873. The number of hydrogen-bond donors (Lipinski definition) is 1. The molecule has 1 aliphatic heterocycles. The van der Waals surface area contributed by atoms with Gasteiger partial charge in [-0.15, -0.1) is 11.3 Å². The Bertz CT molecular complexity index is 336. The van der Waals surface area contributed by atoms with E-state index in [1.807, 2.05) is 18.3 Å². The molecule has 0 radical (unpaired) electrons. The van der Waals surface area contributed by atoms with Crippen LogP contribution in [-0.2, 0) is 0 Å². The van der Waals surface area contributed by atoms with Crippen LogP contribution >= 0.6 is 11.3 Å². The van der Waals surface area contributed by atoms with E-state index in [1.54, 1.807) is 0 Å². The molecule has 1 saturated heterocycles. The molecule has 2 nitrogen and oxygen atoms in total. The Kier molecular flexibility index (Phi) is 4.00. The lowest BCUT2D eigenvalue weighted by Crippen LogP contribution is -2.31. The molecule has 1 N–H and O–H groups in total. The van der Waals surface area contributed by atoms with E-state index in [0.717, 1.165) is 19.5 Å². The molecule has 0 bridgehead atoms. The number of aryl methyl sites for hydroxylation is 1. The molecule has 2 unspecified atom stereocenters. The van der Waals surface area contributed by atoms with Crippen molar-refractivity contribution in [1.82, 2.24) is 4.90 Å². The monoisotopic (exact) mass is 239 g/mol. The van der Waals surface area contributed by atoms with Crippen molar-refractivity contribution in [2.75, 3.05) is 13.1 Å². The number of thiophene rings is 1. The molecule has 1 aromatic rings. The lowest BCUT2D eigenvalue weighted by atomic mass is 10.1. The standard InChI is InChI=1S/C13H21NOS/c1-3-11(15)9-14-8-4-5-12(14)13-7-6-10(2)16-13/h6-7,11-12,15H,3-5,8-9H2,1-2H3. The lowest BCUT2D eigenvalue weighted by Gasteiger charge is -2.25. The van der Waals surface area contributed by atoms with Crippen LogP contribution in [0.2, 0.25) is 0 Å². The fraction of sp³-hybridized carbons (Fsp3) is 0.692. The summed E-state index contributed by atoms with van der Waals surface area (Å²) >= 11 is 1.90. The maximum absolute atomic E-state index is 9.75. The fourth-order valence-electron chi connectivity index (χ4n) is 2.40. The highest BCUT2D eigenvalue weighted by Gasteiger charge is 2.27. The number of aliphatic hydroxyl groups is 1. The third-order valence-corrected chi connectivity index (χ3v) is 4.47. The van der Waals surface area contributed by atoms with Gasteiger partial charge in [-0.3, -0.25) is 4.90 Å². The van der Waals surface area contributed by atoms with Gasteiger partial charge in [-0.1, -0.05) is 6.92 Å². The Morgan fingerprint density at radius 2 is 2.38 bits per heavy atom. The van der Waals surface area contributed by atoms with Gasteiger partial charge in [0.1, 0.15) is 0 Å². The second-order valence-electron chi connectivity index (χ2n) is 4.66. The van der Waals surface area contributed by atoms with Gasteiger partial charge in [0.25, 0.3) is 0 Å². The summed E-state index contributed by atoms with van der Waals surface area (Å²) in [7, 11) is 0. The number of nitrogens with zero attached hydrogens (tertiary/aromatic N) is 1. The van der Waals surface area contributed by atoms with Crippen LogP contribution in [0.4, 0.5) is 0 Å². The highest BCUT2D eigenvalue weighted by atomic mass is 32.1. The molecule has 0 saturated carbocycles. The third-order valence-electron chi connectivity index (χ3n) is 3.37. The smallest absolute Gasteiger partial charge is 0.0664 e. The minimum Gasteiger partial charge on any atom is -0.392 e. The van der Waals surface area contributed by atoms with E-state index in [-0.39, 0.29) is 6.10 Å². The van der Waals surface area contributed by atoms with Crippen LogP contribution in [0.25, 0.3) is 0 Å². The van der Waals surface area contributed by atoms with Crippen LogP contribution < -0.4 is 0 Å². The van der Waals surface area contributed by atoms with Crippen molar-refractivity contribution in [3.63, 3.8) is 0 Å². The van der Waals surface area contributed by atoms with E-state index >= 15 is 0 Å². The number of hydrogen-bond acceptors (Lipinski definition) is 3.